The lowest BCUT2D eigenvalue weighted by atomic mass is 10.3. The van der Waals surface area contributed by atoms with Crippen molar-refractivity contribution in [2.24, 2.45) is 0 Å². The fraction of sp³-hybridized carbons (Fsp3) is 0.333. The van der Waals surface area contributed by atoms with Crippen molar-refractivity contribution in [2.45, 2.75) is 26.4 Å². The largest absolute Gasteiger partial charge is 0.346 e. The first-order valence-electron chi connectivity index (χ1n) is 5.70. The monoisotopic (exact) mass is 245 g/mol. The van der Waals surface area contributed by atoms with Gasteiger partial charge in [0.2, 0.25) is 0 Å². The van der Waals surface area contributed by atoms with Crippen molar-refractivity contribution in [1.82, 2.24) is 24.8 Å². The van der Waals surface area contributed by atoms with E-state index in [9.17, 15) is 4.79 Å². The van der Waals surface area contributed by atoms with Crippen LogP contribution >= 0.6 is 0 Å². The molecule has 6 heteroatoms. The lowest BCUT2D eigenvalue weighted by molar-refractivity contribution is 0.0931. The highest BCUT2D eigenvalue weighted by Crippen LogP contribution is 1.97. The van der Waals surface area contributed by atoms with E-state index in [4.69, 9.17) is 0 Å². The topological polar surface area (TPSA) is 72.7 Å². The van der Waals surface area contributed by atoms with Gasteiger partial charge in [-0.25, -0.2) is 9.97 Å². The highest BCUT2D eigenvalue weighted by molar-refractivity contribution is 5.92. The van der Waals surface area contributed by atoms with Gasteiger partial charge in [0.15, 0.2) is 0 Å². The summed E-state index contributed by atoms with van der Waals surface area (Å²) >= 11 is 0. The summed E-state index contributed by atoms with van der Waals surface area (Å²) in [5.74, 6) is -0.213. The Balaban J connectivity index is 1.92. The van der Waals surface area contributed by atoms with Gasteiger partial charge in [0.25, 0.3) is 5.91 Å². The minimum absolute atomic E-state index is 0.00481. The van der Waals surface area contributed by atoms with Gasteiger partial charge in [-0.2, -0.15) is 0 Å². The molecule has 94 valence electrons. The lowest BCUT2D eigenvalue weighted by Gasteiger charge is -2.13. The van der Waals surface area contributed by atoms with Crippen LogP contribution in [0.3, 0.4) is 0 Å². The number of carbonyl (C=O) groups is 1. The maximum Gasteiger partial charge on any atom is 0.271 e. The molecule has 2 heterocycles. The SMILES string of the molecule is Cc1cnc(C(=O)N[C@H](C)Cn2ccnc2)cn1. The fourth-order valence-electron chi connectivity index (χ4n) is 1.56. The Morgan fingerprint density at radius 3 is 2.89 bits per heavy atom. The molecule has 0 bridgehead atoms. The van der Waals surface area contributed by atoms with Crippen LogP contribution in [0.4, 0.5) is 0 Å². The minimum atomic E-state index is -0.213. The minimum Gasteiger partial charge on any atom is -0.346 e. The summed E-state index contributed by atoms with van der Waals surface area (Å²) in [7, 11) is 0. The van der Waals surface area contributed by atoms with E-state index in [-0.39, 0.29) is 11.9 Å². The molecule has 2 aromatic rings. The van der Waals surface area contributed by atoms with Gasteiger partial charge in [0, 0.05) is 31.2 Å². The summed E-state index contributed by atoms with van der Waals surface area (Å²) in [6, 6.07) is -0.00481. The number of aryl methyl sites for hydroxylation is 1. The molecule has 0 saturated heterocycles. The molecule has 18 heavy (non-hydrogen) atoms. The average Bonchev–Trinajstić information content (AvgIpc) is 2.82. The third-order valence-electron chi connectivity index (χ3n) is 2.43. The number of aromatic nitrogens is 4. The van der Waals surface area contributed by atoms with Crippen LogP contribution in [0.5, 0.6) is 0 Å². The van der Waals surface area contributed by atoms with Gasteiger partial charge in [0.05, 0.1) is 18.2 Å². The molecule has 2 aromatic heterocycles. The van der Waals surface area contributed by atoms with Crippen LogP contribution in [-0.2, 0) is 6.54 Å². The molecule has 0 saturated carbocycles. The van der Waals surface area contributed by atoms with E-state index in [0.29, 0.717) is 12.2 Å². The first-order chi connectivity index (χ1) is 8.65. The molecule has 0 radical (unpaired) electrons. The van der Waals surface area contributed by atoms with Gasteiger partial charge in [-0.05, 0) is 13.8 Å². The first kappa shape index (κ1) is 12.2. The van der Waals surface area contributed by atoms with E-state index in [1.807, 2.05) is 24.6 Å². The van der Waals surface area contributed by atoms with Crippen LogP contribution < -0.4 is 5.32 Å². The smallest absolute Gasteiger partial charge is 0.271 e. The Bertz CT molecular complexity index is 506. The number of nitrogens with one attached hydrogen (secondary N) is 1. The summed E-state index contributed by atoms with van der Waals surface area (Å²) in [6.45, 7) is 4.43. The number of hydrogen-bond donors (Lipinski definition) is 1. The molecule has 0 aromatic carbocycles. The van der Waals surface area contributed by atoms with Gasteiger partial charge in [0.1, 0.15) is 5.69 Å². The molecular formula is C12H15N5O. The molecule has 0 fully saturated rings. The fourth-order valence-corrected chi connectivity index (χ4v) is 1.56. The van der Waals surface area contributed by atoms with Crippen molar-refractivity contribution in [3.05, 3.63) is 42.5 Å². The molecular weight excluding hydrogens is 230 g/mol. The maximum absolute atomic E-state index is 11.9. The molecule has 0 aliphatic rings. The zero-order chi connectivity index (χ0) is 13.0. The summed E-state index contributed by atoms with van der Waals surface area (Å²) in [6.07, 6.45) is 8.34. The Labute approximate surface area is 105 Å². The molecule has 0 unspecified atom stereocenters. The van der Waals surface area contributed by atoms with Crippen molar-refractivity contribution >= 4 is 5.91 Å². The van der Waals surface area contributed by atoms with Gasteiger partial charge >= 0.3 is 0 Å². The van der Waals surface area contributed by atoms with Crippen molar-refractivity contribution in [3.63, 3.8) is 0 Å². The molecule has 2 rings (SSSR count). The van der Waals surface area contributed by atoms with E-state index in [1.54, 1.807) is 18.7 Å². The van der Waals surface area contributed by atoms with E-state index < -0.39 is 0 Å². The second-order valence-corrected chi connectivity index (χ2v) is 4.18. The van der Waals surface area contributed by atoms with Gasteiger partial charge in [-0.3, -0.25) is 9.78 Å². The average molecular weight is 245 g/mol. The first-order valence-corrected chi connectivity index (χ1v) is 5.70. The third kappa shape index (κ3) is 3.13. The molecule has 6 nitrogen and oxygen atoms in total. The Hall–Kier alpha value is -2.24. The van der Waals surface area contributed by atoms with Crippen molar-refractivity contribution < 1.29 is 4.79 Å². The summed E-state index contributed by atoms with van der Waals surface area (Å²) in [4.78, 5) is 23.9. The van der Waals surface area contributed by atoms with Crippen LogP contribution in [0, 0.1) is 6.92 Å². The Kier molecular flexibility index (Phi) is 3.66. The second-order valence-electron chi connectivity index (χ2n) is 4.18. The predicted octanol–water partition coefficient (Wildman–Crippen LogP) is 0.800. The van der Waals surface area contributed by atoms with Gasteiger partial charge in [-0.15, -0.1) is 0 Å². The standard InChI is InChI=1S/C12H15N5O/c1-9-5-15-11(6-14-9)12(18)16-10(2)7-17-4-3-13-8-17/h3-6,8,10H,7H2,1-2H3,(H,16,18)/t10-/m1/s1. The Morgan fingerprint density at radius 1 is 1.44 bits per heavy atom. The molecule has 0 aliphatic carbocycles. The zero-order valence-electron chi connectivity index (χ0n) is 10.4. The third-order valence-corrected chi connectivity index (χ3v) is 2.43. The van der Waals surface area contributed by atoms with Gasteiger partial charge < -0.3 is 9.88 Å². The number of hydrogen-bond acceptors (Lipinski definition) is 4. The number of nitrogens with zero attached hydrogens (tertiary/aromatic N) is 4. The number of imidazole rings is 1. The zero-order valence-corrected chi connectivity index (χ0v) is 10.4. The lowest BCUT2D eigenvalue weighted by Crippen LogP contribution is -2.36. The van der Waals surface area contributed by atoms with Crippen LogP contribution in [0.1, 0.15) is 23.1 Å². The molecule has 0 aliphatic heterocycles. The highest BCUT2D eigenvalue weighted by atomic mass is 16.1. The van der Waals surface area contributed by atoms with Crippen LogP contribution in [0.25, 0.3) is 0 Å². The number of rotatable bonds is 4. The molecule has 0 spiro atoms. The maximum atomic E-state index is 11.9. The van der Waals surface area contributed by atoms with Crippen LogP contribution in [0.2, 0.25) is 0 Å². The summed E-state index contributed by atoms with van der Waals surface area (Å²) in [5.41, 5.74) is 1.12. The highest BCUT2D eigenvalue weighted by Gasteiger charge is 2.11. The number of carbonyl (C=O) groups excluding carboxylic acids is 1. The quantitative estimate of drug-likeness (QED) is 0.864. The molecule has 1 N–H and O–H groups in total. The second kappa shape index (κ2) is 5.39. The number of amides is 1. The van der Waals surface area contributed by atoms with E-state index in [0.717, 1.165) is 5.69 Å². The van der Waals surface area contributed by atoms with Crippen molar-refractivity contribution in [3.8, 4) is 0 Å². The van der Waals surface area contributed by atoms with E-state index in [2.05, 4.69) is 20.3 Å². The van der Waals surface area contributed by atoms with Crippen LogP contribution in [0.15, 0.2) is 31.1 Å². The van der Waals surface area contributed by atoms with E-state index >= 15 is 0 Å². The summed E-state index contributed by atoms with van der Waals surface area (Å²) in [5, 5.41) is 2.86. The Morgan fingerprint density at radius 2 is 2.28 bits per heavy atom. The van der Waals surface area contributed by atoms with E-state index in [1.165, 1.54) is 6.20 Å². The van der Waals surface area contributed by atoms with Crippen molar-refractivity contribution in [2.75, 3.05) is 0 Å². The van der Waals surface area contributed by atoms with Crippen LogP contribution in [-0.4, -0.2) is 31.5 Å². The normalized spacial score (nSPS) is 12.1. The van der Waals surface area contributed by atoms with Crippen molar-refractivity contribution in [1.29, 1.82) is 0 Å². The summed E-state index contributed by atoms with van der Waals surface area (Å²) < 4.78 is 1.91. The molecule has 1 amide bonds. The van der Waals surface area contributed by atoms with Gasteiger partial charge in [-0.1, -0.05) is 0 Å². The molecule has 1 atom stereocenters. The predicted molar refractivity (Wildman–Crippen MR) is 65.9 cm³/mol.